The van der Waals surface area contributed by atoms with Gasteiger partial charge in [0, 0.05) is 41.2 Å². The average molecular weight is 531 g/mol. The second-order valence-electron chi connectivity index (χ2n) is 7.49. The van der Waals surface area contributed by atoms with Crippen LogP contribution in [0.5, 0.6) is 11.5 Å². The molecule has 186 valence electrons. The third-order valence-electron chi connectivity index (χ3n) is 4.79. The van der Waals surface area contributed by atoms with E-state index in [0.29, 0.717) is 27.2 Å². The van der Waals surface area contributed by atoms with E-state index in [2.05, 4.69) is 5.32 Å². The number of rotatable bonds is 11. The molecule has 0 aliphatic heterocycles. The maximum absolute atomic E-state index is 12.2. The number of carbonyl (C=O) groups is 3. The fourth-order valence-electron chi connectivity index (χ4n) is 3.00. The first kappa shape index (κ1) is 26.7. The van der Waals surface area contributed by atoms with Crippen LogP contribution in [0.1, 0.15) is 29.6 Å². The van der Waals surface area contributed by atoms with E-state index in [-0.39, 0.29) is 36.4 Å². The summed E-state index contributed by atoms with van der Waals surface area (Å²) in [5.41, 5.74) is 0.384. The van der Waals surface area contributed by atoms with Crippen LogP contribution >= 0.6 is 23.2 Å². The topological polar surface area (TPSA) is 125 Å². The standard InChI is InChI=1S/C25H20Cl2N2O7/c26-17-7-12-23(21(27)14-17)36-20-10-8-18(9-11-20)28-24(31)5-2-6-25(32)35-15-22(30)16-3-1-4-19(13-16)29(33)34/h1,3-4,7-14H,2,5-6,15H2,(H,28,31). The van der Waals surface area contributed by atoms with Gasteiger partial charge in [-0.25, -0.2) is 0 Å². The zero-order chi connectivity index (χ0) is 26.1. The van der Waals surface area contributed by atoms with Gasteiger partial charge >= 0.3 is 5.97 Å². The number of nitrogens with one attached hydrogen (secondary N) is 1. The number of ketones is 1. The molecule has 0 bridgehead atoms. The second kappa shape index (κ2) is 12.7. The van der Waals surface area contributed by atoms with Gasteiger partial charge in [0.1, 0.15) is 11.5 Å². The Kier molecular flexibility index (Phi) is 9.38. The van der Waals surface area contributed by atoms with E-state index in [9.17, 15) is 24.5 Å². The summed E-state index contributed by atoms with van der Waals surface area (Å²) in [4.78, 5) is 46.3. The molecule has 0 saturated heterocycles. The number of amides is 1. The Hall–Kier alpha value is -3.95. The van der Waals surface area contributed by atoms with Gasteiger partial charge in [0.2, 0.25) is 11.7 Å². The molecule has 3 aromatic rings. The number of benzene rings is 3. The van der Waals surface area contributed by atoms with Crippen molar-refractivity contribution in [1.82, 2.24) is 0 Å². The van der Waals surface area contributed by atoms with Crippen LogP contribution in [0.2, 0.25) is 10.0 Å². The molecule has 0 saturated carbocycles. The number of halogens is 2. The minimum absolute atomic E-state index is 0.0621. The molecule has 0 heterocycles. The lowest BCUT2D eigenvalue weighted by molar-refractivity contribution is -0.384. The van der Waals surface area contributed by atoms with Gasteiger partial charge in [-0.15, -0.1) is 0 Å². The normalized spacial score (nSPS) is 10.4. The van der Waals surface area contributed by atoms with Crippen LogP contribution in [0.4, 0.5) is 11.4 Å². The number of hydrogen-bond acceptors (Lipinski definition) is 7. The summed E-state index contributed by atoms with van der Waals surface area (Å²) in [5.74, 6) is -0.555. The first-order valence-electron chi connectivity index (χ1n) is 10.7. The fraction of sp³-hybridized carbons (Fsp3) is 0.160. The van der Waals surface area contributed by atoms with Gasteiger partial charge in [-0.05, 0) is 48.9 Å². The minimum atomic E-state index is -0.649. The molecule has 36 heavy (non-hydrogen) atoms. The van der Waals surface area contributed by atoms with Crippen molar-refractivity contribution in [3.05, 3.63) is 92.5 Å². The van der Waals surface area contributed by atoms with E-state index < -0.39 is 23.3 Å². The summed E-state index contributed by atoms with van der Waals surface area (Å²) in [6.45, 7) is -0.540. The molecule has 0 fully saturated rings. The van der Waals surface area contributed by atoms with E-state index in [1.165, 1.54) is 18.2 Å². The Morgan fingerprint density at radius 1 is 0.944 bits per heavy atom. The van der Waals surface area contributed by atoms with Crippen molar-refractivity contribution in [1.29, 1.82) is 0 Å². The van der Waals surface area contributed by atoms with Crippen molar-refractivity contribution >= 4 is 52.2 Å². The molecular weight excluding hydrogens is 511 g/mol. The van der Waals surface area contributed by atoms with Gasteiger partial charge in [-0.3, -0.25) is 24.5 Å². The molecule has 0 aliphatic rings. The van der Waals surface area contributed by atoms with Gasteiger partial charge in [0.05, 0.1) is 9.95 Å². The number of anilines is 1. The number of nitrogens with zero attached hydrogens (tertiary/aromatic N) is 1. The molecule has 0 atom stereocenters. The van der Waals surface area contributed by atoms with Gasteiger partial charge in [-0.1, -0.05) is 35.3 Å². The van der Waals surface area contributed by atoms with Crippen molar-refractivity contribution in [2.75, 3.05) is 11.9 Å². The molecule has 3 aromatic carbocycles. The minimum Gasteiger partial charge on any atom is -0.457 e. The lowest BCUT2D eigenvalue weighted by Crippen LogP contribution is -2.15. The summed E-state index contributed by atoms with van der Waals surface area (Å²) < 4.78 is 10.6. The number of esters is 1. The molecule has 0 unspecified atom stereocenters. The van der Waals surface area contributed by atoms with Crippen LogP contribution in [0.25, 0.3) is 0 Å². The van der Waals surface area contributed by atoms with Gasteiger partial charge in [-0.2, -0.15) is 0 Å². The van der Waals surface area contributed by atoms with E-state index in [1.54, 1.807) is 42.5 Å². The first-order valence-corrected chi connectivity index (χ1v) is 11.4. The smallest absolute Gasteiger partial charge is 0.306 e. The summed E-state index contributed by atoms with van der Waals surface area (Å²) in [7, 11) is 0. The monoisotopic (exact) mass is 530 g/mol. The number of Topliss-reactive ketones (excluding diaryl/α,β-unsaturated/α-hetero) is 1. The average Bonchev–Trinajstić information content (AvgIpc) is 2.85. The van der Waals surface area contributed by atoms with Crippen LogP contribution in [0, 0.1) is 10.1 Å². The van der Waals surface area contributed by atoms with E-state index >= 15 is 0 Å². The molecule has 3 rings (SSSR count). The molecule has 0 spiro atoms. The van der Waals surface area contributed by atoms with Crippen molar-refractivity contribution in [3.63, 3.8) is 0 Å². The van der Waals surface area contributed by atoms with Crippen molar-refractivity contribution < 1.29 is 28.8 Å². The Labute approximate surface area is 216 Å². The zero-order valence-electron chi connectivity index (χ0n) is 18.7. The lowest BCUT2D eigenvalue weighted by atomic mass is 10.1. The molecule has 1 N–H and O–H groups in total. The number of carbonyl (C=O) groups excluding carboxylic acids is 3. The largest absolute Gasteiger partial charge is 0.457 e. The van der Waals surface area contributed by atoms with Crippen LogP contribution in [-0.4, -0.2) is 29.2 Å². The Balaban J connectivity index is 1.38. The third-order valence-corrected chi connectivity index (χ3v) is 5.32. The molecule has 0 aromatic heterocycles. The zero-order valence-corrected chi connectivity index (χ0v) is 20.3. The van der Waals surface area contributed by atoms with Gasteiger partial charge in [0.15, 0.2) is 6.61 Å². The van der Waals surface area contributed by atoms with Gasteiger partial charge in [0.25, 0.3) is 5.69 Å². The highest BCUT2D eigenvalue weighted by Gasteiger charge is 2.14. The highest BCUT2D eigenvalue weighted by Crippen LogP contribution is 2.32. The third kappa shape index (κ3) is 8.07. The number of ether oxygens (including phenoxy) is 2. The van der Waals surface area contributed by atoms with E-state index in [4.69, 9.17) is 32.7 Å². The molecule has 0 aliphatic carbocycles. The van der Waals surface area contributed by atoms with Crippen LogP contribution < -0.4 is 10.1 Å². The molecule has 0 radical (unpaired) electrons. The number of nitro groups is 1. The Morgan fingerprint density at radius 3 is 2.39 bits per heavy atom. The summed E-state index contributed by atoms with van der Waals surface area (Å²) in [6.07, 6.45) is 0.211. The second-order valence-corrected chi connectivity index (χ2v) is 8.34. The maximum atomic E-state index is 12.2. The van der Waals surface area contributed by atoms with Crippen LogP contribution in [-0.2, 0) is 14.3 Å². The summed E-state index contributed by atoms with van der Waals surface area (Å²) in [5, 5.41) is 14.4. The number of hydrogen-bond donors (Lipinski definition) is 1. The SMILES string of the molecule is O=C(CCCC(=O)OCC(=O)c1cccc([N+](=O)[O-])c1)Nc1ccc(Oc2ccc(Cl)cc2Cl)cc1. The highest BCUT2D eigenvalue weighted by molar-refractivity contribution is 6.35. The molecular formula is C25H20Cl2N2O7. The van der Waals surface area contributed by atoms with Crippen molar-refractivity contribution in [2.45, 2.75) is 19.3 Å². The van der Waals surface area contributed by atoms with E-state index in [1.807, 2.05) is 0 Å². The van der Waals surface area contributed by atoms with Crippen molar-refractivity contribution in [2.24, 2.45) is 0 Å². The Bertz CT molecular complexity index is 1280. The Morgan fingerprint density at radius 2 is 1.69 bits per heavy atom. The van der Waals surface area contributed by atoms with Crippen molar-refractivity contribution in [3.8, 4) is 11.5 Å². The fourth-order valence-corrected chi connectivity index (χ4v) is 3.45. The predicted molar refractivity (Wildman–Crippen MR) is 134 cm³/mol. The van der Waals surface area contributed by atoms with Crippen LogP contribution in [0.15, 0.2) is 66.7 Å². The molecule has 9 nitrogen and oxygen atoms in total. The van der Waals surface area contributed by atoms with Crippen LogP contribution in [0.3, 0.4) is 0 Å². The number of nitro benzene ring substituents is 1. The van der Waals surface area contributed by atoms with E-state index in [0.717, 1.165) is 6.07 Å². The predicted octanol–water partition coefficient (Wildman–Crippen LogP) is 6.23. The molecule has 1 amide bonds. The lowest BCUT2D eigenvalue weighted by Gasteiger charge is -2.09. The first-order chi connectivity index (χ1) is 17.2. The highest BCUT2D eigenvalue weighted by atomic mass is 35.5. The molecule has 11 heteroatoms. The van der Waals surface area contributed by atoms with Gasteiger partial charge < -0.3 is 14.8 Å². The summed E-state index contributed by atoms with van der Waals surface area (Å²) >= 11 is 12.0. The summed E-state index contributed by atoms with van der Waals surface area (Å²) in [6, 6.07) is 16.7. The maximum Gasteiger partial charge on any atom is 0.306 e. The number of non-ortho nitro benzene ring substituents is 1. The quantitative estimate of drug-likeness (QED) is 0.135.